The van der Waals surface area contributed by atoms with Crippen molar-refractivity contribution in [2.24, 2.45) is 0 Å². The van der Waals surface area contributed by atoms with Crippen LogP contribution in [0.25, 0.3) is 0 Å². The molecule has 13 heavy (non-hydrogen) atoms. The van der Waals surface area contributed by atoms with Gasteiger partial charge in [-0.1, -0.05) is 13.3 Å². The molecule has 0 aromatic heterocycles. The van der Waals surface area contributed by atoms with Crippen LogP contribution < -0.4 is 0 Å². The molecule has 79 valence electrons. The first-order chi connectivity index (χ1) is 6.12. The fourth-order valence-electron chi connectivity index (χ4n) is 1.15. The molecule has 0 aliphatic carbocycles. The van der Waals surface area contributed by atoms with Crippen LogP contribution in [0.3, 0.4) is 0 Å². The highest BCUT2D eigenvalue weighted by Gasteiger charge is 2.20. The van der Waals surface area contributed by atoms with Crippen LogP contribution in [-0.4, -0.2) is 28.1 Å². The van der Waals surface area contributed by atoms with Crippen LogP contribution in [0.2, 0.25) is 19.1 Å². The highest BCUT2D eigenvalue weighted by atomic mass is 28.4. The van der Waals surface area contributed by atoms with Crippen LogP contribution in [0.5, 0.6) is 0 Å². The van der Waals surface area contributed by atoms with Gasteiger partial charge in [0.1, 0.15) is 0 Å². The van der Waals surface area contributed by atoms with Crippen molar-refractivity contribution in [3.05, 3.63) is 6.92 Å². The second-order valence-corrected chi connectivity index (χ2v) is 8.07. The normalized spacial score (nSPS) is 12.0. The van der Waals surface area contributed by atoms with Gasteiger partial charge in [-0.25, -0.2) is 0 Å². The Kier molecular flexibility index (Phi) is 7.61. The maximum absolute atomic E-state index is 5.84. The Labute approximate surface area is 83.8 Å². The molecular formula is C10H23O2Si. The zero-order valence-electron chi connectivity index (χ0n) is 9.27. The minimum atomic E-state index is -1.38. The molecule has 0 atom stereocenters. The summed E-state index contributed by atoms with van der Waals surface area (Å²) >= 11 is 0. The fourth-order valence-corrected chi connectivity index (χ4v) is 2.84. The Balaban J connectivity index is 3.29. The van der Waals surface area contributed by atoms with E-state index in [1.807, 2.05) is 6.92 Å². The van der Waals surface area contributed by atoms with Crippen molar-refractivity contribution >= 4 is 8.32 Å². The average molecular weight is 203 g/mol. The van der Waals surface area contributed by atoms with E-state index in [1.54, 1.807) is 0 Å². The molecule has 2 nitrogen and oxygen atoms in total. The molecular weight excluding hydrogens is 180 g/mol. The van der Waals surface area contributed by atoms with Crippen molar-refractivity contribution in [3.63, 3.8) is 0 Å². The zero-order chi connectivity index (χ0) is 10.2. The molecule has 0 rings (SSSR count). The summed E-state index contributed by atoms with van der Waals surface area (Å²) in [5.74, 6) is 0. The summed E-state index contributed by atoms with van der Waals surface area (Å²) < 4.78 is 11.1. The summed E-state index contributed by atoms with van der Waals surface area (Å²) in [6, 6.07) is 1.15. The third-order valence-corrected chi connectivity index (χ3v) is 4.45. The van der Waals surface area contributed by atoms with Crippen molar-refractivity contribution in [3.8, 4) is 0 Å². The lowest BCUT2D eigenvalue weighted by atomic mass is 10.5. The van der Waals surface area contributed by atoms with Gasteiger partial charge in [0.25, 0.3) is 0 Å². The van der Waals surface area contributed by atoms with E-state index in [0.717, 1.165) is 38.7 Å². The van der Waals surface area contributed by atoms with Crippen molar-refractivity contribution in [2.75, 3.05) is 19.8 Å². The Morgan fingerprint density at radius 2 is 1.92 bits per heavy atom. The summed E-state index contributed by atoms with van der Waals surface area (Å²) in [5, 5.41) is 0. The quantitative estimate of drug-likeness (QED) is 0.446. The Morgan fingerprint density at radius 1 is 1.23 bits per heavy atom. The van der Waals surface area contributed by atoms with E-state index < -0.39 is 8.32 Å². The molecule has 1 radical (unpaired) electrons. The summed E-state index contributed by atoms with van der Waals surface area (Å²) in [6.07, 6.45) is 2.01. The molecule has 0 aromatic carbocycles. The van der Waals surface area contributed by atoms with E-state index >= 15 is 0 Å². The first-order valence-corrected chi connectivity index (χ1v) is 8.25. The molecule has 0 aromatic rings. The van der Waals surface area contributed by atoms with E-state index in [4.69, 9.17) is 9.16 Å². The molecule has 0 heterocycles. The van der Waals surface area contributed by atoms with Gasteiger partial charge < -0.3 is 9.16 Å². The van der Waals surface area contributed by atoms with E-state index in [1.165, 1.54) is 0 Å². The van der Waals surface area contributed by atoms with Crippen LogP contribution in [0.15, 0.2) is 0 Å². The molecule has 0 spiro atoms. The van der Waals surface area contributed by atoms with Gasteiger partial charge in [0.15, 0.2) is 8.32 Å². The van der Waals surface area contributed by atoms with Gasteiger partial charge in [0.05, 0.1) is 0 Å². The van der Waals surface area contributed by atoms with Gasteiger partial charge in [-0.3, -0.25) is 0 Å². The van der Waals surface area contributed by atoms with Gasteiger partial charge in [-0.2, -0.15) is 0 Å². The molecule has 0 amide bonds. The second kappa shape index (κ2) is 7.53. The van der Waals surface area contributed by atoms with E-state index in [0.29, 0.717) is 0 Å². The maximum Gasteiger partial charge on any atom is 0.186 e. The third kappa shape index (κ3) is 8.47. The van der Waals surface area contributed by atoms with E-state index in [2.05, 4.69) is 20.0 Å². The van der Waals surface area contributed by atoms with Crippen molar-refractivity contribution in [1.82, 2.24) is 0 Å². The summed E-state index contributed by atoms with van der Waals surface area (Å²) in [5.41, 5.74) is 0. The molecule has 0 aliphatic rings. The summed E-state index contributed by atoms with van der Waals surface area (Å²) in [4.78, 5) is 0. The highest BCUT2D eigenvalue weighted by molar-refractivity contribution is 6.71. The smallest absolute Gasteiger partial charge is 0.186 e. The molecule has 0 aliphatic heterocycles. The first kappa shape index (κ1) is 13.1. The summed E-state index contributed by atoms with van der Waals surface area (Å²) in [6.45, 7) is 12.8. The standard InChI is InChI=1S/C10H23O2Si/c1-5-10-13(3,4)12-9-7-8-11-6-2/h1,5-10H2,2-4H3. The highest BCUT2D eigenvalue weighted by Crippen LogP contribution is 2.13. The van der Waals surface area contributed by atoms with Crippen LogP contribution in [0.1, 0.15) is 19.8 Å². The fraction of sp³-hybridized carbons (Fsp3) is 0.900. The third-order valence-electron chi connectivity index (χ3n) is 1.91. The molecule has 0 bridgehead atoms. The SMILES string of the molecule is [CH2]CC[Si](C)(C)OCCCOCC. The van der Waals surface area contributed by atoms with Crippen molar-refractivity contribution < 1.29 is 9.16 Å². The summed E-state index contributed by atoms with van der Waals surface area (Å²) in [7, 11) is -1.38. The lowest BCUT2D eigenvalue weighted by molar-refractivity contribution is 0.129. The minimum absolute atomic E-state index is 0.805. The molecule has 3 heteroatoms. The van der Waals surface area contributed by atoms with E-state index in [-0.39, 0.29) is 0 Å². The average Bonchev–Trinajstić information content (AvgIpc) is 2.04. The van der Waals surface area contributed by atoms with Crippen LogP contribution in [-0.2, 0) is 9.16 Å². The molecule has 0 N–H and O–H groups in total. The number of hydrogen-bond donors (Lipinski definition) is 0. The Bertz CT molecular complexity index is 115. The van der Waals surface area contributed by atoms with Gasteiger partial charge in [-0.05, 0) is 32.5 Å². The number of hydrogen-bond acceptors (Lipinski definition) is 2. The first-order valence-electron chi connectivity index (χ1n) is 5.13. The van der Waals surface area contributed by atoms with Crippen LogP contribution >= 0.6 is 0 Å². The molecule has 0 saturated carbocycles. The Hall–Kier alpha value is 0.137. The largest absolute Gasteiger partial charge is 0.417 e. The number of rotatable bonds is 8. The van der Waals surface area contributed by atoms with Gasteiger partial charge in [0, 0.05) is 19.8 Å². The molecule has 0 saturated heterocycles. The maximum atomic E-state index is 5.84. The predicted molar refractivity (Wildman–Crippen MR) is 59.3 cm³/mol. The lowest BCUT2D eigenvalue weighted by Gasteiger charge is -2.21. The van der Waals surface area contributed by atoms with Gasteiger partial charge in [0.2, 0.25) is 0 Å². The van der Waals surface area contributed by atoms with Gasteiger partial charge in [-0.15, -0.1) is 0 Å². The van der Waals surface area contributed by atoms with Crippen molar-refractivity contribution in [2.45, 2.75) is 38.9 Å². The minimum Gasteiger partial charge on any atom is -0.417 e. The molecule has 0 fully saturated rings. The van der Waals surface area contributed by atoms with Crippen LogP contribution in [0, 0.1) is 6.92 Å². The lowest BCUT2D eigenvalue weighted by Crippen LogP contribution is -2.30. The van der Waals surface area contributed by atoms with Crippen LogP contribution in [0.4, 0.5) is 0 Å². The monoisotopic (exact) mass is 203 g/mol. The zero-order valence-corrected chi connectivity index (χ0v) is 10.3. The van der Waals surface area contributed by atoms with E-state index in [9.17, 15) is 0 Å². The topological polar surface area (TPSA) is 18.5 Å². The Morgan fingerprint density at radius 3 is 2.46 bits per heavy atom. The molecule has 0 unspecified atom stereocenters. The predicted octanol–water partition coefficient (Wildman–Crippen LogP) is 2.86. The number of ether oxygens (including phenoxy) is 1. The van der Waals surface area contributed by atoms with Gasteiger partial charge >= 0.3 is 0 Å². The van der Waals surface area contributed by atoms with Crippen molar-refractivity contribution in [1.29, 1.82) is 0 Å². The second-order valence-electron chi connectivity index (χ2n) is 3.76.